The molecule has 0 atom stereocenters. The van der Waals surface area contributed by atoms with Crippen LogP contribution in [0.5, 0.6) is 0 Å². The third kappa shape index (κ3) is 2.22. The third-order valence-corrected chi connectivity index (χ3v) is 4.18. The quantitative estimate of drug-likeness (QED) is 0.836. The molecule has 1 amide bonds. The second-order valence-corrected chi connectivity index (χ2v) is 5.69. The first kappa shape index (κ1) is 11.6. The summed E-state index contributed by atoms with van der Waals surface area (Å²) in [7, 11) is 0. The highest BCUT2D eigenvalue weighted by atomic mass is 16.1. The number of hydrogen-bond donors (Lipinski definition) is 2. The van der Waals surface area contributed by atoms with Crippen LogP contribution < -0.4 is 11.1 Å². The van der Waals surface area contributed by atoms with Crippen LogP contribution >= 0.6 is 0 Å². The Hall–Kier alpha value is -1.51. The number of carbonyl (C=O) groups is 1. The summed E-state index contributed by atoms with van der Waals surface area (Å²) in [6.45, 7) is 1.97. The number of amides is 1. The van der Waals surface area contributed by atoms with Crippen LogP contribution in [0.25, 0.3) is 0 Å². The molecule has 2 saturated carbocycles. The predicted molar refractivity (Wildman–Crippen MR) is 72.6 cm³/mol. The zero-order chi connectivity index (χ0) is 12.7. The van der Waals surface area contributed by atoms with E-state index in [-0.39, 0.29) is 5.91 Å². The van der Waals surface area contributed by atoms with Gasteiger partial charge >= 0.3 is 0 Å². The molecule has 3 rings (SSSR count). The Bertz CT molecular complexity index is 463. The van der Waals surface area contributed by atoms with Crippen molar-refractivity contribution >= 4 is 11.6 Å². The Morgan fingerprint density at radius 3 is 2.39 bits per heavy atom. The van der Waals surface area contributed by atoms with Crippen LogP contribution in [0.1, 0.15) is 41.6 Å². The number of hydrogen-bond acceptors (Lipinski definition) is 2. The number of nitrogens with two attached hydrogens (primary N) is 1. The van der Waals surface area contributed by atoms with Gasteiger partial charge in [-0.3, -0.25) is 4.79 Å². The molecule has 0 saturated heterocycles. The zero-order valence-corrected chi connectivity index (χ0v) is 10.8. The SMILES string of the molecule is Cc1c(NC(C2CC2)C2CC2)cccc1C(N)=O. The van der Waals surface area contributed by atoms with Gasteiger partial charge in [-0.25, -0.2) is 0 Å². The van der Waals surface area contributed by atoms with Gasteiger partial charge in [-0.15, -0.1) is 0 Å². The molecule has 2 aliphatic carbocycles. The molecule has 96 valence electrons. The smallest absolute Gasteiger partial charge is 0.249 e. The minimum atomic E-state index is -0.342. The van der Waals surface area contributed by atoms with Crippen LogP contribution in [-0.4, -0.2) is 11.9 Å². The summed E-state index contributed by atoms with van der Waals surface area (Å²) in [6, 6.07) is 6.37. The van der Waals surface area contributed by atoms with Crippen LogP contribution in [0.2, 0.25) is 0 Å². The molecule has 0 radical (unpaired) electrons. The van der Waals surface area contributed by atoms with Crippen molar-refractivity contribution < 1.29 is 4.79 Å². The number of nitrogens with one attached hydrogen (secondary N) is 1. The van der Waals surface area contributed by atoms with E-state index in [1.54, 1.807) is 6.07 Å². The van der Waals surface area contributed by atoms with E-state index in [9.17, 15) is 4.79 Å². The van der Waals surface area contributed by atoms with Gasteiger partial charge in [-0.05, 0) is 62.1 Å². The zero-order valence-electron chi connectivity index (χ0n) is 10.8. The number of carbonyl (C=O) groups excluding carboxylic acids is 1. The normalized spacial score (nSPS) is 19.0. The Labute approximate surface area is 108 Å². The minimum Gasteiger partial charge on any atom is -0.382 e. The maximum absolute atomic E-state index is 11.3. The highest BCUT2D eigenvalue weighted by Gasteiger charge is 2.41. The monoisotopic (exact) mass is 244 g/mol. The van der Waals surface area contributed by atoms with Gasteiger partial charge in [0.05, 0.1) is 0 Å². The molecule has 3 nitrogen and oxygen atoms in total. The lowest BCUT2D eigenvalue weighted by molar-refractivity contribution is 0.1000. The van der Waals surface area contributed by atoms with Crippen molar-refractivity contribution in [3.05, 3.63) is 29.3 Å². The van der Waals surface area contributed by atoms with Crippen molar-refractivity contribution in [2.75, 3.05) is 5.32 Å². The van der Waals surface area contributed by atoms with Gasteiger partial charge < -0.3 is 11.1 Å². The molecule has 0 spiro atoms. The second-order valence-electron chi connectivity index (χ2n) is 5.69. The van der Waals surface area contributed by atoms with E-state index < -0.39 is 0 Å². The molecule has 0 aliphatic heterocycles. The first-order valence-electron chi connectivity index (χ1n) is 6.83. The van der Waals surface area contributed by atoms with Gasteiger partial charge in [0.2, 0.25) is 5.91 Å². The fourth-order valence-electron chi connectivity index (χ4n) is 2.77. The standard InChI is InChI=1S/C15H20N2O/c1-9-12(15(16)18)3-2-4-13(9)17-14(10-5-6-10)11-7-8-11/h2-4,10-11,14,17H,5-8H2,1H3,(H2,16,18). The van der Waals surface area contributed by atoms with Crippen molar-refractivity contribution in [3.63, 3.8) is 0 Å². The van der Waals surface area contributed by atoms with Crippen LogP contribution in [0.15, 0.2) is 18.2 Å². The van der Waals surface area contributed by atoms with Crippen molar-refractivity contribution in [2.45, 2.75) is 38.6 Å². The molecule has 3 N–H and O–H groups in total. The maximum Gasteiger partial charge on any atom is 0.249 e. The lowest BCUT2D eigenvalue weighted by atomic mass is 10.0. The largest absolute Gasteiger partial charge is 0.382 e. The van der Waals surface area contributed by atoms with E-state index in [1.165, 1.54) is 25.7 Å². The molecule has 1 aromatic carbocycles. The van der Waals surface area contributed by atoms with E-state index in [0.717, 1.165) is 23.1 Å². The summed E-state index contributed by atoms with van der Waals surface area (Å²) in [4.78, 5) is 11.3. The summed E-state index contributed by atoms with van der Waals surface area (Å²) >= 11 is 0. The molecule has 0 bridgehead atoms. The highest BCUT2D eigenvalue weighted by molar-refractivity contribution is 5.95. The number of rotatable bonds is 5. The lowest BCUT2D eigenvalue weighted by Crippen LogP contribution is -2.25. The number of primary amides is 1. The van der Waals surface area contributed by atoms with Gasteiger partial charge in [0.15, 0.2) is 0 Å². The van der Waals surface area contributed by atoms with Gasteiger partial charge in [0.1, 0.15) is 0 Å². The Morgan fingerprint density at radius 1 is 1.28 bits per heavy atom. The molecular formula is C15H20N2O. The summed E-state index contributed by atoms with van der Waals surface area (Å²) in [5.41, 5.74) is 8.08. The third-order valence-electron chi connectivity index (χ3n) is 4.18. The van der Waals surface area contributed by atoms with Crippen LogP contribution in [-0.2, 0) is 0 Å². The highest BCUT2D eigenvalue weighted by Crippen LogP contribution is 2.46. The predicted octanol–water partition coefficient (Wildman–Crippen LogP) is 2.69. The van der Waals surface area contributed by atoms with Crippen LogP contribution in [0.3, 0.4) is 0 Å². The van der Waals surface area contributed by atoms with Gasteiger partial charge in [-0.1, -0.05) is 6.07 Å². The molecule has 1 aromatic rings. The van der Waals surface area contributed by atoms with E-state index in [2.05, 4.69) is 11.4 Å². The average molecular weight is 244 g/mol. The molecule has 2 aliphatic rings. The summed E-state index contributed by atoms with van der Waals surface area (Å²) in [5.74, 6) is 1.34. The molecule has 0 aromatic heterocycles. The maximum atomic E-state index is 11.3. The molecule has 0 heterocycles. The number of benzene rings is 1. The van der Waals surface area contributed by atoms with Gasteiger partial charge in [0.25, 0.3) is 0 Å². The minimum absolute atomic E-state index is 0.342. The summed E-state index contributed by atoms with van der Waals surface area (Å²) < 4.78 is 0. The van der Waals surface area contributed by atoms with Crippen molar-refractivity contribution in [1.82, 2.24) is 0 Å². The Balaban J connectivity index is 1.82. The van der Waals surface area contributed by atoms with Crippen LogP contribution in [0.4, 0.5) is 5.69 Å². The van der Waals surface area contributed by atoms with E-state index in [1.807, 2.05) is 13.0 Å². The van der Waals surface area contributed by atoms with Crippen molar-refractivity contribution in [3.8, 4) is 0 Å². The Kier molecular flexibility index (Phi) is 2.77. The lowest BCUT2D eigenvalue weighted by Gasteiger charge is -2.21. The fraction of sp³-hybridized carbons (Fsp3) is 0.533. The topological polar surface area (TPSA) is 55.1 Å². The van der Waals surface area contributed by atoms with E-state index in [4.69, 9.17) is 5.73 Å². The van der Waals surface area contributed by atoms with Crippen molar-refractivity contribution in [1.29, 1.82) is 0 Å². The fourth-order valence-corrected chi connectivity index (χ4v) is 2.77. The van der Waals surface area contributed by atoms with Crippen LogP contribution in [0, 0.1) is 18.8 Å². The molecule has 18 heavy (non-hydrogen) atoms. The molecule has 0 unspecified atom stereocenters. The van der Waals surface area contributed by atoms with Crippen molar-refractivity contribution in [2.24, 2.45) is 17.6 Å². The van der Waals surface area contributed by atoms with E-state index >= 15 is 0 Å². The molecule has 3 heteroatoms. The first-order valence-corrected chi connectivity index (χ1v) is 6.83. The summed E-state index contributed by atoms with van der Waals surface area (Å²) in [6.07, 6.45) is 5.40. The molecular weight excluding hydrogens is 224 g/mol. The van der Waals surface area contributed by atoms with E-state index in [0.29, 0.717) is 11.6 Å². The Morgan fingerprint density at radius 2 is 1.89 bits per heavy atom. The molecule has 2 fully saturated rings. The average Bonchev–Trinajstić information content (AvgIpc) is 3.20. The summed E-state index contributed by atoms with van der Waals surface area (Å²) in [5, 5.41) is 3.66. The number of anilines is 1. The van der Waals surface area contributed by atoms with Gasteiger partial charge in [0, 0.05) is 17.3 Å². The van der Waals surface area contributed by atoms with Gasteiger partial charge in [-0.2, -0.15) is 0 Å². The second kappa shape index (κ2) is 4.30. The first-order chi connectivity index (χ1) is 8.66.